The topological polar surface area (TPSA) is 46.4 Å². The molecule has 1 saturated carbocycles. The molecular weight excluding hydrogens is 437 g/mol. The van der Waals surface area contributed by atoms with E-state index in [1.807, 2.05) is 13.1 Å². The van der Waals surface area contributed by atoms with Crippen LogP contribution in [0.2, 0.25) is 0 Å². The predicted molar refractivity (Wildman–Crippen MR) is 146 cm³/mol. The molecular formula is C30H38FN3O. The Bertz CT molecular complexity index is 1220. The fraction of sp³-hybridized carbons (Fsp3) is 0.400. The zero-order valence-electron chi connectivity index (χ0n) is 21.9. The summed E-state index contributed by atoms with van der Waals surface area (Å²) in [6.07, 6.45) is 6.53. The van der Waals surface area contributed by atoms with Crippen LogP contribution in [0, 0.1) is 17.2 Å². The second kappa shape index (κ2) is 10.6. The van der Waals surface area contributed by atoms with E-state index in [9.17, 15) is 9.18 Å². The maximum Gasteiger partial charge on any atom is 0.193 e. The maximum absolute atomic E-state index is 13.8. The van der Waals surface area contributed by atoms with E-state index in [0.29, 0.717) is 17.3 Å². The Kier molecular flexibility index (Phi) is 7.99. The average molecular weight is 476 g/mol. The van der Waals surface area contributed by atoms with Crippen LogP contribution in [0.25, 0.3) is 11.1 Å². The molecule has 186 valence electrons. The summed E-state index contributed by atoms with van der Waals surface area (Å²) in [5.41, 5.74) is 5.07. The van der Waals surface area contributed by atoms with Crippen molar-refractivity contribution in [1.82, 2.24) is 9.88 Å². The highest BCUT2D eigenvalue weighted by molar-refractivity contribution is 6.00. The van der Waals surface area contributed by atoms with Crippen molar-refractivity contribution in [2.45, 2.75) is 59.9 Å². The number of halogens is 1. The lowest BCUT2D eigenvalue weighted by atomic mass is 9.83. The smallest absolute Gasteiger partial charge is 0.193 e. The van der Waals surface area contributed by atoms with Crippen LogP contribution >= 0.6 is 0 Å². The van der Waals surface area contributed by atoms with Gasteiger partial charge in [-0.1, -0.05) is 53.0 Å². The van der Waals surface area contributed by atoms with Gasteiger partial charge in [0.05, 0.1) is 5.56 Å². The summed E-state index contributed by atoms with van der Waals surface area (Å²) in [5.74, 6) is 0.630. The Balaban J connectivity index is 2.36. The van der Waals surface area contributed by atoms with Crippen LogP contribution < -0.4 is 10.7 Å². The second-order valence-electron chi connectivity index (χ2n) is 10.4. The maximum atomic E-state index is 13.8. The zero-order chi connectivity index (χ0) is 25.9. The van der Waals surface area contributed by atoms with Crippen molar-refractivity contribution >= 4 is 17.0 Å². The van der Waals surface area contributed by atoms with E-state index in [0.717, 1.165) is 47.2 Å². The minimum Gasteiger partial charge on any atom is -0.347 e. The fourth-order valence-corrected chi connectivity index (χ4v) is 4.90. The molecule has 1 unspecified atom stereocenters. The third-order valence-corrected chi connectivity index (χ3v) is 6.80. The van der Waals surface area contributed by atoms with E-state index >= 15 is 0 Å². The highest BCUT2D eigenvalue weighted by Gasteiger charge is 2.31. The van der Waals surface area contributed by atoms with Gasteiger partial charge in [-0.3, -0.25) is 9.79 Å². The first-order valence-electron chi connectivity index (χ1n) is 12.3. The molecule has 35 heavy (non-hydrogen) atoms. The Hall–Kier alpha value is -3.21. The lowest BCUT2D eigenvalue weighted by molar-refractivity contribution is 0.233. The number of amidine groups is 1. The first-order chi connectivity index (χ1) is 16.5. The molecule has 1 aliphatic carbocycles. The lowest BCUT2D eigenvalue weighted by Gasteiger charge is -2.35. The number of hydrogen-bond acceptors (Lipinski definition) is 2. The fourth-order valence-electron chi connectivity index (χ4n) is 4.90. The number of hydrogen-bond donors (Lipinski definition) is 1. The third kappa shape index (κ3) is 5.72. The third-order valence-electron chi connectivity index (χ3n) is 6.80. The van der Waals surface area contributed by atoms with Crippen molar-refractivity contribution in [2.75, 3.05) is 7.05 Å². The van der Waals surface area contributed by atoms with Crippen molar-refractivity contribution in [3.05, 3.63) is 94.3 Å². The number of aliphatic imine (C=N–C) groups is 1. The number of aromatic nitrogens is 1. The molecule has 1 aromatic heterocycles. The molecule has 1 heterocycles. The van der Waals surface area contributed by atoms with Gasteiger partial charge in [0.15, 0.2) is 5.43 Å². The number of benzene rings is 1. The summed E-state index contributed by atoms with van der Waals surface area (Å²) in [4.78, 5) is 17.7. The van der Waals surface area contributed by atoms with E-state index in [-0.39, 0.29) is 22.7 Å². The summed E-state index contributed by atoms with van der Waals surface area (Å²) in [6.45, 7) is 19.0. The molecule has 1 atom stereocenters. The van der Waals surface area contributed by atoms with Gasteiger partial charge < -0.3 is 9.88 Å². The summed E-state index contributed by atoms with van der Waals surface area (Å²) in [6, 6.07) is 8.39. The van der Waals surface area contributed by atoms with Crippen LogP contribution in [0.1, 0.15) is 76.7 Å². The SMILES string of the molecule is C=CNC(=NC)c1cn(C(CC)C(C)(C)C)c(/C(C)=C(/C(=C)C2CC2)c2ccc(F)cc2)cc1=O. The van der Waals surface area contributed by atoms with Crippen molar-refractivity contribution < 1.29 is 4.39 Å². The molecule has 0 radical (unpaired) electrons. The van der Waals surface area contributed by atoms with Gasteiger partial charge in [-0.15, -0.1) is 0 Å². The highest BCUT2D eigenvalue weighted by Crippen LogP contribution is 2.45. The number of rotatable bonds is 8. The van der Waals surface area contributed by atoms with Crippen molar-refractivity contribution in [2.24, 2.45) is 16.3 Å². The van der Waals surface area contributed by atoms with Gasteiger partial charge in [-0.2, -0.15) is 0 Å². The highest BCUT2D eigenvalue weighted by atomic mass is 19.1. The van der Waals surface area contributed by atoms with Gasteiger partial charge in [-0.25, -0.2) is 4.39 Å². The minimum absolute atomic E-state index is 0.0605. The van der Waals surface area contributed by atoms with E-state index in [1.165, 1.54) is 18.3 Å². The normalized spacial score (nSPS) is 15.9. The van der Waals surface area contributed by atoms with Crippen molar-refractivity contribution in [3.8, 4) is 0 Å². The summed E-state index contributed by atoms with van der Waals surface area (Å²) < 4.78 is 16.0. The molecule has 1 N–H and O–H groups in total. The molecule has 1 aromatic carbocycles. The summed E-state index contributed by atoms with van der Waals surface area (Å²) in [7, 11) is 1.65. The molecule has 1 aliphatic rings. The first kappa shape index (κ1) is 26.4. The monoisotopic (exact) mass is 475 g/mol. The molecule has 0 saturated heterocycles. The van der Waals surface area contributed by atoms with Gasteiger partial charge >= 0.3 is 0 Å². The Morgan fingerprint density at radius 3 is 2.40 bits per heavy atom. The van der Waals surface area contributed by atoms with E-state index < -0.39 is 0 Å². The molecule has 5 heteroatoms. The molecule has 2 aromatic rings. The van der Waals surface area contributed by atoms with Crippen LogP contribution in [0.5, 0.6) is 0 Å². The number of nitrogens with one attached hydrogen (secondary N) is 1. The van der Waals surface area contributed by atoms with Gasteiger partial charge in [0, 0.05) is 31.0 Å². The zero-order valence-corrected chi connectivity index (χ0v) is 21.9. The van der Waals surface area contributed by atoms with Gasteiger partial charge in [-0.05, 0) is 78.1 Å². The standard InChI is InChI=1S/C30H38FN3O/c1-9-27(30(5,6)7)34-18-24(29(32-8)33-10-2)26(35)17-25(34)20(4)28(19(3)21-11-12-21)22-13-15-23(31)16-14-22/h10,13-18,21,27H,2-3,9,11-12H2,1,4-8H3,(H,32,33)/b28-20-. The largest absolute Gasteiger partial charge is 0.347 e. The van der Waals surface area contributed by atoms with E-state index in [2.05, 4.69) is 55.7 Å². The number of allylic oxidation sites excluding steroid dienone is 3. The predicted octanol–water partition coefficient (Wildman–Crippen LogP) is 6.99. The van der Waals surface area contributed by atoms with Crippen molar-refractivity contribution in [1.29, 1.82) is 0 Å². The van der Waals surface area contributed by atoms with Crippen LogP contribution in [0.4, 0.5) is 4.39 Å². The molecule has 1 fully saturated rings. The van der Waals surface area contributed by atoms with E-state index in [4.69, 9.17) is 0 Å². The quantitative estimate of drug-likeness (QED) is 0.254. The van der Waals surface area contributed by atoms with Crippen LogP contribution in [-0.4, -0.2) is 17.5 Å². The molecule has 3 rings (SSSR count). The summed E-state index contributed by atoms with van der Waals surface area (Å²) in [5, 5.41) is 3.00. The molecule has 0 spiro atoms. The number of pyridine rings is 1. The van der Waals surface area contributed by atoms with Gasteiger partial charge in [0.25, 0.3) is 0 Å². The molecule has 0 bridgehead atoms. The Labute approximate surface area is 209 Å². The summed E-state index contributed by atoms with van der Waals surface area (Å²) >= 11 is 0. The second-order valence-corrected chi connectivity index (χ2v) is 10.4. The minimum atomic E-state index is -0.274. The average Bonchev–Trinajstić information content (AvgIpc) is 3.65. The van der Waals surface area contributed by atoms with Crippen LogP contribution in [0.15, 0.2) is 71.2 Å². The first-order valence-corrected chi connectivity index (χ1v) is 12.3. The van der Waals surface area contributed by atoms with Crippen LogP contribution in [-0.2, 0) is 0 Å². The molecule has 0 amide bonds. The van der Waals surface area contributed by atoms with Gasteiger partial charge in [0.2, 0.25) is 0 Å². The number of nitrogens with zero attached hydrogens (tertiary/aromatic N) is 2. The van der Waals surface area contributed by atoms with Crippen molar-refractivity contribution in [3.63, 3.8) is 0 Å². The van der Waals surface area contributed by atoms with Gasteiger partial charge in [0.1, 0.15) is 11.7 Å². The Morgan fingerprint density at radius 1 is 1.29 bits per heavy atom. The molecule has 0 aliphatic heterocycles. The van der Waals surface area contributed by atoms with Crippen LogP contribution in [0.3, 0.4) is 0 Å². The Morgan fingerprint density at radius 2 is 1.91 bits per heavy atom. The molecule has 4 nitrogen and oxygen atoms in total. The van der Waals surface area contributed by atoms with E-state index in [1.54, 1.807) is 25.2 Å². The lowest BCUT2D eigenvalue weighted by Crippen LogP contribution is -2.32.